The molecule has 1 saturated heterocycles. The molecule has 0 bridgehead atoms. The first-order valence-corrected chi connectivity index (χ1v) is 6.52. The van der Waals surface area contributed by atoms with Gasteiger partial charge in [0.15, 0.2) is 5.78 Å². The number of ketones is 1. The minimum atomic E-state index is -1.89. The average Bonchev–Trinajstić information content (AvgIpc) is 2.82. The highest BCUT2D eigenvalue weighted by molar-refractivity contribution is 6.10. The fourth-order valence-corrected chi connectivity index (χ4v) is 2.65. The molecule has 1 aliphatic heterocycles. The van der Waals surface area contributed by atoms with Crippen molar-refractivity contribution in [1.82, 2.24) is 5.06 Å². The summed E-state index contributed by atoms with van der Waals surface area (Å²) in [6.07, 6.45) is 0.787. The molecule has 108 valence electrons. The van der Waals surface area contributed by atoms with Gasteiger partial charge in [0.25, 0.3) is 0 Å². The summed E-state index contributed by atoms with van der Waals surface area (Å²) in [5.74, 6) is -1.99. The minimum Gasteiger partial charge on any atom is -0.479 e. The Morgan fingerprint density at radius 3 is 2.50 bits per heavy atom. The van der Waals surface area contributed by atoms with Crippen molar-refractivity contribution < 1.29 is 19.9 Å². The van der Waals surface area contributed by atoms with Gasteiger partial charge in [-0.25, -0.2) is 4.79 Å². The average molecular weight is 278 g/mol. The van der Waals surface area contributed by atoms with E-state index >= 15 is 0 Å². The van der Waals surface area contributed by atoms with E-state index in [9.17, 15) is 19.9 Å². The summed E-state index contributed by atoms with van der Waals surface area (Å²) in [7, 11) is 0. The van der Waals surface area contributed by atoms with Crippen LogP contribution in [0, 0.1) is 0 Å². The topological polar surface area (TPSA) is 104 Å². The highest BCUT2D eigenvalue weighted by atomic mass is 16.5. The zero-order chi connectivity index (χ0) is 14.8. The Balaban J connectivity index is 2.18. The van der Waals surface area contributed by atoms with Gasteiger partial charge in [0.1, 0.15) is 0 Å². The Bertz CT molecular complexity index is 505. The van der Waals surface area contributed by atoms with Gasteiger partial charge in [-0.1, -0.05) is 30.3 Å². The lowest BCUT2D eigenvalue weighted by Gasteiger charge is -2.30. The van der Waals surface area contributed by atoms with E-state index in [1.807, 2.05) is 30.3 Å². The monoisotopic (exact) mass is 278 g/mol. The van der Waals surface area contributed by atoms with Crippen molar-refractivity contribution in [1.29, 1.82) is 0 Å². The molecule has 1 aromatic carbocycles. The third-order valence-electron chi connectivity index (χ3n) is 3.75. The number of nitrogens with two attached hydrogens (primary N) is 1. The summed E-state index contributed by atoms with van der Waals surface area (Å²) in [5.41, 5.74) is 4.83. The lowest BCUT2D eigenvalue weighted by molar-refractivity contribution is -0.188. The van der Waals surface area contributed by atoms with E-state index < -0.39 is 23.3 Å². The first-order valence-electron chi connectivity index (χ1n) is 6.52. The van der Waals surface area contributed by atoms with Gasteiger partial charge in [0.2, 0.25) is 5.54 Å². The summed E-state index contributed by atoms with van der Waals surface area (Å²) >= 11 is 0. The quantitative estimate of drug-likeness (QED) is 0.675. The molecule has 1 heterocycles. The van der Waals surface area contributed by atoms with E-state index in [1.54, 1.807) is 0 Å². The number of nitrogens with zero attached hydrogens (tertiary/aromatic N) is 1. The van der Waals surface area contributed by atoms with E-state index in [4.69, 9.17) is 5.73 Å². The maximum Gasteiger partial charge on any atom is 0.334 e. The molecule has 1 aliphatic rings. The van der Waals surface area contributed by atoms with Gasteiger partial charge in [0, 0.05) is 6.54 Å². The standard InChI is InChI=1S/C14H18N2O4/c15-11(9-10-5-2-1-3-6-10)12(17)14(13(18)19)7-4-8-16(14)20/h1-3,5-6,11,20H,4,7-9,15H2,(H,18,19). The van der Waals surface area contributed by atoms with Crippen LogP contribution in [0.4, 0.5) is 0 Å². The number of carboxylic acids is 1. The van der Waals surface area contributed by atoms with Crippen LogP contribution in [0.3, 0.4) is 0 Å². The molecule has 0 aromatic heterocycles. The van der Waals surface area contributed by atoms with Crippen molar-refractivity contribution in [2.24, 2.45) is 5.73 Å². The zero-order valence-corrected chi connectivity index (χ0v) is 11.0. The van der Waals surface area contributed by atoms with Crippen molar-refractivity contribution >= 4 is 11.8 Å². The normalized spacial score (nSPS) is 24.5. The van der Waals surface area contributed by atoms with Gasteiger partial charge >= 0.3 is 5.97 Å². The van der Waals surface area contributed by atoms with Crippen LogP contribution in [-0.4, -0.2) is 45.3 Å². The molecule has 0 amide bonds. The second kappa shape index (κ2) is 5.70. The molecule has 2 unspecified atom stereocenters. The molecule has 1 fully saturated rings. The largest absolute Gasteiger partial charge is 0.479 e. The smallest absolute Gasteiger partial charge is 0.334 e. The number of Topliss-reactive ketones (excluding diaryl/α,β-unsaturated/α-hetero) is 1. The number of hydrogen-bond donors (Lipinski definition) is 3. The lowest BCUT2D eigenvalue weighted by atomic mass is 9.85. The molecule has 2 atom stereocenters. The molecule has 0 aliphatic carbocycles. The van der Waals surface area contributed by atoms with Crippen LogP contribution in [0.2, 0.25) is 0 Å². The summed E-state index contributed by atoms with van der Waals surface area (Å²) in [6.45, 7) is 0.163. The van der Waals surface area contributed by atoms with Crippen molar-refractivity contribution in [2.45, 2.75) is 30.8 Å². The molecule has 4 N–H and O–H groups in total. The molecule has 6 nitrogen and oxygen atoms in total. The number of rotatable bonds is 5. The Hall–Kier alpha value is -1.76. The van der Waals surface area contributed by atoms with E-state index in [2.05, 4.69) is 0 Å². The van der Waals surface area contributed by atoms with Gasteiger partial charge in [-0.3, -0.25) is 4.79 Å². The number of benzene rings is 1. The Morgan fingerprint density at radius 2 is 2.00 bits per heavy atom. The third-order valence-corrected chi connectivity index (χ3v) is 3.75. The summed E-state index contributed by atoms with van der Waals surface area (Å²) in [5, 5.41) is 19.7. The van der Waals surface area contributed by atoms with E-state index in [-0.39, 0.29) is 19.4 Å². The predicted octanol–water partition coefficient (Wildman–Crippen LogP) is 0.434. The second-order valence-corrected chi connectivity index (χ2v) is 5.05. The Morgan fingerprint density at radius 1 is 1.35 bits per heavy atom. The molecule has 2 rings (SSSR count). The summed E-state index contributed by atoms with van der Waals surface area (Å²) in [6, 6.07) is 8.20. The number of carbonyl (C=O) groups is 2. The van der Waals surface area contributed by atoms with Crippen LogP contribution in [0.5, 0.6) is 0 Å². The lowest BCUT2D eigenvalue weighted by Crippen LogP contribution is -2.60. The van der Waals surface area contributed by atoms with Crippen LogP contribution in [0.25, 0.3) is 0 Å². The van der Waals surface area contributed by atoms with Gasteiger partial charge in [-0.15, -0.1) is 0 Å². The predicted molar refractivity (Wildman–Crippen MR) is 71.2 cm³/mol. The molecule has 0 saturated carbocycles. The molecular weight excluding hydrogens is 260 g/mol. The van der Waals surface area contributed by atoms with E-state index in [1.165, 1.54) is 0 Å². The number of aliphatic carboxylic acids is 1. The maximum absolute atomic E-state index is 12.4. The zero-order valence-electron chi connectivity index (χ0n) is 11.0. The van der Waals surface area contributed by atoms with Gasteiger partial charge in [0.05, 0.1) is 6.04 Å². The SMILES string of the molecule is NC(Cc1ccccc1)C(=O)C1(C(=O)O)CCCN1O. The van der Waals surface area contributed by atoms with Crippen molar-refractivity contribution in [3.8, 4) is 0 Å². The van der Waals surface area contributed by atoms with Crippen LogP contribution < -0.4 is 5.73 Å². The van der Waals surface area contributed by atoms with Crippen molar-refractivity contribution in [2.75, 3.05) is 6.54 Å². The van der Waals surface area contributed by atoms with Crippen LogP contribution in [-0.2, 0) is 16.0 Å². The molecular formula is C14H18N2O4. The molecule has 1 aromatic rings. The van der Waals surface area contributed by atoms with E-state index in [0.717, 1.165) is 5.56 Å². The fourth-order valence-electron chi connectivity index (χ4n) is 2.65. The highest BCUT2D eigenvalue weighted by Crippen LogP contribution is 2.30. The first kappa shape index (κ1) is 14.6. The molecule has 0 radical (unpaired) electrons. The Labute approximate surface area is 116 Å². The number of carboxylic acid groups (broad SMARTS) is 1. The minimum absolute atomic E-state index is 0.0835. The maximum atomic E-state index is 12.4. The highest BCUT2D eigenvalue weighted by Gasteiger charge is 2.55. The molecule has 6 heteroatoms. The molecule has 0 spiro atoms. The van der Waals surface area contributed by atoms with Crippen LogP contribution >= 0.6 is 0 Å². The summed E-state index contributed by atoms with van der Waals surface area (Å²) in [4.78, 5) is 23.9. The fraction of sp³-hybridized carbons (Fsp3) is 0.429. The van der Waals surface area contributed by atoms with Gasteiger partial charge < -0.3 is 16.0 Å². The number of carbonyl (C=O) groups excluding carboxylic acids is 1. The van der Waals surface area contributed by atoms with Gasteiger partial charge in [-0.05, 0) is 24.8 Å². The third kappa shape index (κ3) is 2.45. The molecule has 20 heavy (non-hydrogen) atoms. The number of hydrogen-bond acceptors (Lipinski definition) is 5. The number of hydroxylamine groups is 2. The Kier molecular flexibility index (Phi) is 4.17. The summed E-state index contributed by atoms with van der Waals surface area (Å²) < 4.78 is 0. The van der Waals surface area contributed by atoms with E-state index in [0.29, 0.717) is 11.5 Å². The van der Waals surface area contributed by atoms with Crippen molar-refractivity contribution in [3.63, 3.8) is 0 Å². The second-order valence-electron chi connectivity index (χ2n) is 5.05. The first-order chi connectivity index (χ1) is 9.48. The van der Waals surface area contributed by atoms with Gasteiger partial charge in [-0.2, -0.15) is 5.06 Å². The van der Waals surface area contributed by atoms with Crippen LogP contribution in [0.15, 0.2) is 30.3 Å². The van der Waals surface area contributed by atoms with Crippen molar-refractivity contribution in [3.05, 3.63) is 35.9 Å². The van der Waals surface area contributed by atoms with Crippen LogP contribution in [0.1, 0.15) is 18.4 Å².